The number of thioether (sulfide) groups is 1. The summed E-state index contributed by atoms with van der Waals surface area (Å²) in [6.45, 7) is 1.50. The Labute approximate surface area is 176 Å². The van der Waals surface area contributed by atoms with Gasteiger partial charge in [-0.1, -0.05) is 65.6 Å². The van der Waals surface area contributed by atoms with Crippen molar-refractivity contribution in [3.63, 3.8) is 0 Å². The summed E-state index contributed by atoms with van der Waals surface area (Å²) in [5.41, 5.74) is 1.17. The fourth-order valence-electron chi connectivity index (χ4n) is 2.68. The van der Waals surface area contributed by atoms with E-state index in [4.69, 9.17) is 9.47 Å². The van der Waals surface area contributed by atoms with Crippen LogP contribution in [0.25, 0.3) is 0 Å². The molecule has 1 unspecified atom stereocenters. The first-order valence-electron chi connectivity index (χ1n) is 9.15. The van der Waals surface area contributed by atoms with Crippen LogP contribution in [0.15, 0.2) is 58.9 Å². The van der Waals surface area contributed by atoms with Crippen molar-refractivity contribution in [1.29, 1.82) is 0 Å². The minimum atomic E-state index is -0.200. The fourth-order valence-corrected chi connectivity index (χ4v) is 4.26. The Morgan fingerprint density at radius 1 is 1.10 bits per heavy atom. The van der Waals surface area contributed by atoms with Gasteiger partial charge in [0.2, 0.25) is 11.0 Å². The van der Waals surface area contributed by atoms with Crippen molar-refractivity contribution in [3.05, 3.63) is 60.2 Å². The van der Waals surface area contributed by atoms with E-state index in [-0.39, 0.29) is 17.8 Å². The van der Waals surface area contributed by atoms with E-state index in [1.54, 1.807) is 0 Å². The van der Waals surface area contributed by atoms with Gasteiger partial charge < -0.3 is 20.1 Å². The molecule has 0 aliphatic carbocycles. The lowest BCUT2D eigenvalue weighted by molar-refractivity contribution is -0.119. The van der Waals surface area contributed by atoms with E-state index in [2.05, 4.69) is 20.8 Å². The summed E-state index contributed by atoms with van der Waals surface area (Å²) >= 11 is 2.80. The normalized spacial score (nSPS) is 15.0. The van der Waals surface area contributed by atoms with Crippen LogP contribution in [0.4, 0.5) is 5.13 Å². The minimum absolute atomic E-state index is 0.0774. The third-order valence-electron chi connectivity index (χ3n) is 4.11. The zero-order valence-corrected chi connectivity index (χ0v) is 17.2. The molecule has 1 atom stereocenters. The maximum atomic E-state index is 12.1. The zero-order valence-electron chi connectivity index (χ0n) is 15.5. The lowest BCUT2D eigenvalue weighted by Crippen LogP contribution is -2.41. The summed E-state index contributed by atoms with van der Waals surface area (Å²) < 4.78 is 12.2. The Bertz CT molecular complexity index is 952. The van der Waals surface area contributed by atoms with E-state index in [9.17, 15) is 4.79 Å². The first-order valence-corrected chi connectivity index (χ1v) is 11.0. The predicted molar refractivity (Wildman–Crippen MR) is 114 cm³/mol. The van der Waals surface area contributed by atoms with Gasteiger partial charge in [0, 0.05) is 6.54 Å². The van der Waals surface area contributed by atoms with Crippen molar-refractivity contribution in [2.75, 3.05) is 24.2 Å². The summed E-state index contributed by atoms with van der Waals surface area (Å²) in [7, 11) is 0. The standard InChI is InChI=1S/C20H20N4O3S2/c25-18(21-11-15-12-26-16-8-4-5-9-17(16)27-15)13-28-20-24-23-19(29-20)22-10-14-6-2-1-3-7-14/h1-9,15H,10-13H2,(H,21,25)(H,22,23). The van der Waals surface area contributed by atoms with E-state index < -0.39 is 0 Å². The van der Waals surface area contributed by atoms with Gasteiger partial charge in [-0.3, -0.25) is 4.79 Å². The molecule has 2 N–H and O–H groups in total. The molecule has 0 fully saturated rings. The molecular weight excluding hydrogens is 408 g/mol. The Morgan fingerprint density at radius 3 is 2.76 bits per heavy atom. The molecule has 150 valence electrons. The Balaban J connectivity index is 1.17. The van der Waals surface area contributed by atoms with E-state index in [1.807, 2.05) is 54.6 Å². The molecule has 1 aromatic heterocycles. The molecule has 0 bridgehead atoms. The Hall–Kier alpha value is -2.78. The van der Waals surface area contributed by atoms with Gasteiger partial charge in [-0.25, -0.2) is 0 Å². The number of anilines is 1. The maximum Gasteiger partial charge on any atom is 0.230 e. The summed E-state index contributed by atoms with van der Waals surface area (Å²) in [5, 5.41) is 15.1. The predicted octanol–water partition coefficient (Wildman–Crippen LogP) is 3.20. The number of hydrogen-bond acceptors (Lipinski definition) is 8. The molecule has 0 saturated heterocycles. The van der Waals surface area contributed by atoms with Gasteiger partial charge in [0.25, 0.3) is 0 Å². The number of aromatic nitrogens is 2. The van der Waals surface area contributed by atoms with Crippen molar-refractivity contribution in [3.8, 4) is 11.5 Å². The monoisotopic (exact) mass is 428 g/mol. The van der Waals surface area contributed by atoms with Crippen LogP contribution in [0.5, 0.6) is 11.5 Å². The van der Waals surface area contributed by atoms with Crippen LogP contribution >= 0.6 is 23.1 Å². The zero-order chi connectivity index (χ0) is 19.9. The van der Waals surface area contributed by atoms with Gasteiger partial charge in [0.15, 0.2) is 15.8 Å². The molecule has 0 radical (unpaired) electrons. The average molecular weight is 429 g/mol. The number of fused-ring (bicyclic) bond motifs is 1. The van der Waals surface area contributed by atoms with E-state index >= 15 is 0 Å². The van der Waals surface area contributed by atoms with Gasteiger partial charge >= 0.3 is 0 Å². The second kappa shape index (κ2) is 9.62. The fraction of sp³-hybridized carbons (Fsp3) is 0.250. The van der Waals surface area contributed by atoms with Gasteiger partial charge in [0.1, 0.15) is 12.7 Å². The maximum absolute atomic E-state index is 12.1. The molecule has 0 spiro atoms. The summed E-state index contributed by atoms with van der Waals surface area (Å²) in [5.74, 6) is 1.64. The van der Waals surface area contributed by atoms with E-state index in [0.717, 1.165) is 15.2 Å². The number of hydrogen-bond donors (Lipinski definition) is 2. The number of para-hydroxylation sites is 2. The van der Waals surface area contributed by atoms with Crippen molar-refractivity contribution < 1.29 is 14.3 Å². The number of ether oxygens (including phenoxy) is 2. The van der Waals surface area contributed by atoms with Crippen molar-refractivity contribution in [2.45, 2.75) is 17.0 Å². The quantitative estimate of drug-likeness (QED) is 0.533. The third-order valence-corrected chi connectivity index (χ3v) is 6.13. The van der Waals surface area contributed by atoms with E-state index in [0.29, 0.717) is 25.4 Å². The number of rotatable bonds is 8. The number of nitrogens with one attached hydrogen (secondary N) is 2. The van der Waals surface area contributed by atoms with Crippen LogP contribution < -0.4 is 20.1 Å². The van der Waals surface area contributed by atoms with Crippen LogP contribution in [0.2, 0.25) is 0 Å². The van der Waals surface area contributed by atoms with Gasteiger partial charge in [-0.15, -0.1) is 10.2 Å². The molecule has 7 nitrogen and oxygen atoms in total. The highest BCUT2D eigenvalue weighted by Gasteiger charge is 2.21. The number of carbonyl (C=O) groups excluding carboxylic acids is 1. The molecule has 2 heterocycles. The lowest BCUT2D eigenvalue weighted by atomic mass is 10.2. The topological polar surface area (TPSA) is 85.4 Å². The summed E-state index contributed by atoms with van der Waals surface area (Å²) in [4.78, 5) is 12.1. The molecule has 9 heteroatoms. The van der Waals surface area contributed by atoms with Crippen LogP contribution in [-0.2, 0) is 11.3 Å². The SMILES string of the molecule is O=C(CSc1nnc(NCc2ccccc2)s1)NCC1COc2ccccc2O1. The second-order valence-corrected chi connectivity index (χ2v) is 8.50. The summed E-state index contributed by atoms with van der Waals surface area (Å²) in [6, 6.07) is 17.6. The molecule has 0 saturated carbocycles. The largest absolute Gasteiger partial charge is 0.486 e. The molecular formula is C20H20N4O3S2. The van der Waals surface area contributed by atoms with Crippen molar-refractivity contribution in [1.82, 2.24) is 15.5 Å². The van der Waals surface area contributed by atoms with Crippen molar-refractivity contribution in [2.24, 2.45) is 0 Å². The van der Waals surface area contributed by atoms with Crippen LogP contribution in [-0.4, -0.2) is 41.1 Å². The number of nitrogens with zero attached hydrogens (tertiary/aromatic N) is 2. The Morgan fingerprint density at radius 2 is 1.90 bits per heavy atom. The highest BCUT2D eigenvalue weighted by Crippen LogP contribution is 2.30. The van der Waals surface area contributed by atoms with E-state index in [1.165, 1.54) is 28.7 Å². The number of benzene rings is 2. The Kier molecular flexibility index (Phi) is 6.48. The number of amides is 1. The smallest absolute Gasteiger partial charge is 0.230 e. The van der Waals surface area contributed by atoms with Gasteiger partial charge in [-0.05, 0) is 17.7 Å². The average Bonchev–Trinajstić information content (AvgIpc) is 3.23. The lowest BCUT2D eigenvalue weighted by Gasteiger charge is -2.26. The van der Waals surface area contributed by atoms with Gasteiger partial charge in [-0.2, -0.15) is 0 Å². The van der Waals surface area contributed by atoms with Crippen molar-refractivity contribution >= 4 is 34.1 Å². The van der Waals surface area contributed by atoms with Crippen LogP contribution in [0.1, 0.15) is 5.56 Å². The summed E-state index contributed by atoms with van der Waals surface area (Å²) in [6.07, 6.45) is -0.200. The highest BCUT2D eigenvalue weighted by atomic mass is 32.2. The molecule has 1 amide bonds. The molecule has 3 aromatic rings. The molecule has 4 rings (SSSR count). The van der Waals surface area contributed by atoms with Gasteiger partial charge in [0.05, 0.1) is 12.3 Å². The molecule has 2 aromatic carbocycles. The molecule has 29 heavy (non-hydrogen) atoms. The van der Waals surface area contributed by atoms with Crippen LogP contribution in [0.3, 0.4) is 0 Å². The first-order chi connectivity index (χ1) is 14.3. The first kappa shape index (κ1) is 19.5. The van der Waals surface area contributed by atoms with Crippen LogP contribution in [0, 0.1) is 0 Å². The molecule has 1 aliphatic heterocycles. The number of carbonyl (C=O) groups is 1. The highest BCUT2D eigenvalue weighted by molar-refractivity contribution is 8.01. The third kappa shape index (κ3) is 5.61. The second-order valence-electron chi connectivity index (χ2n) is 6.30. The molecule has 1 aliphatic rings. The minimum Gasteiger partial charge on any atom is -0.486 e.